The van der Waals surface area contributed by atoms with Crippen molar-refractivity contribution in [3.63, 3.8) is 0 Å². The fraction of sp³-hybridized carbons (Fsp3) is 0.267. The number of nitrogens with one attached hydrogen (secondary N) is 1. The van der Waals surface area contributed by atoms with Gasteiger partial charge in [0, 0.05) is 0 Å². The first kappa shape index (κ1) is 25.8. The summed E-state index contributed by atoms with van der Waals surface area (Å²) >= 11 is 5.27. The van der Waals surface area contributed by atoms with Gasteiger partial charge in [-0.25, -0.2) is 4.39 Å². The Morgan fingerprint density at radius 2 is 1.81 bits per heavy atom. The predicted octanol–water partition coefficient (Wildman–Crippen LogP) is 8.35. The molecule has 0 spiro atoms. The normalized spacial score (nSPS) is 14.0. The van der Waals surface area contributed by atoms with E-state index in [0.29, 0.717) is 22.4 Å². The van der Waals surface area contributed by atoms with E-state index in [-0.39, 0.29) is 16.7 Å². The molecule has 0 aliphatic heterocycles. The van der Waals surface area contributed by atoms with E-state index in [1.807, 2.05) is 18.2 Å². The van der Waals surface area contributed by atoms with Gasteiger partial charge in [-0.05, 0) is 0 Å². The van der Waals surface area contributed by atoms with Crippen molar-refractivity contribution in [3.05, 3.63) is 82.8 Å². The van der Waals surface area contributed by atoms with E-state index >= 15 is 0 Å². The van der Waals surface area contributed by atoms with Crippen LogP contribution in [-0.2, 0) is 5.21 Å². The fourth-order valence-corrected chi connectivity index (χ4v) is 7.22. The van der Waals surface area contributed by atoms with Crippen molar-refractivity contribution in [2.45, 2.75) is 42.3 Å². The van der Waals surface area contributed by atoms with E-state index in [1.165, 1.54) is 17.7 Å². The number of carbonyl (C=O) groups is 1. The zero-order chi connectivity index (χ0) is 26.1. The Balaban J connectivity index is 1.62. The number of phenolic OH excluding ortho intramolecular Hbond substituents is 1. The third kappa shape index (κ3) is 5.54. The second-order valence-electron chi connectivity index (χ2n) is 9.97. The van der Waals surface area contributed by atoms with E-state index < -0.39 is 26.2 Å². The maximum atomic E-state index is 14.3. The maximum absolute atomic E-state index is 14.3. The molecule has 0 unspecified atom stereocenters. The average Bonchev–Trinajstić information content (AvgIpc) is 3.42. The van der Waals surface area contributed by atoms with Gasteiger partial charge in [0.05, 0.1) is 5.02 Å². The second-order valence-corrected chi connectivity index (χ2v) is 15.6. The molecule has 0 saturated heterocycles. The number of benzene rings is 3. The van der Waals surface area contributed by atoms with Crippen molar-refractivity contribution in [2.24, 2.45) is 5.92 Å². The van der Waals surface area contributed by atoms with E-state index in [1.54, 1.807) is 6.20 Å². The number of aromatic hydroxyl groups is 1. The van der Waals surface area contributed by atoms with Crippen LogP contribution in [0.4, 0.5) is 15.8 Å². The molecule has 1 aromatic heterocycles. The minimum absolute atomic E-state index is 0.00612. The third-order valence-electron chi connectivity index (χ3n) is 6.93. The Labute approximate surface area is 226 Å². The number of carbonyl (C=O) groups excluding carboxylic acids is 1. The molecular formula is C30H29AsClFN2O2. The van der Waals surface area contributed by atoms with Crippen LogP contribution < -0.4 is 5.32 Å². The molecule has 0 amide bonds. The van der Waals surface area contributed by atoms with Crippen LogP contribution in [0.25, 0.3) is 22.0 Å². The van der Waals surface area contributed by atoms with Gasteiger partial charge >= 0.3 is 189 Å². The quantitative estimate of drug-likeness (QED) is 0.171. The molecule has 37 heavy (non-hydrogen) atoms. The van der Waals surface area contributed by atoms with Crippen molar-refractivity contribution >= 4 is 54.3 Å². The predicted molar refractivity (Wildman–Crippen MR) is 151 cm³/mol. The van der Waals surface area contributed by atoms with Gasteiger partial charge in [0.15, 0.2) is 11.6 Å². The Hall–Kier alpha value is -2.88. The van der Waals surface area contributed by atoms with Crippen LogP contribution >= 0.6 is 11.6 Å². The number of halogens is 2. The van der Waals surface area contributed by atoms with Gasteiger partial charge < -0.3 is 5.11 Å². The molecule has 1 aliphatic rings. The number of Topliss-reactive ketones (excluding diaryl/α,β-unsaturated/α-hetero) is 1. The summed E-state index contributed by atoms with van der Waals surface area (Å²) in [5.41, 5.74) is 10.2. The van der Waals surface area contributed by atoms with Gasteiger partial charge in [-0.3, -0.25) is 0 Å². The van der Waals surface area contributed by atoms with E-state index in [4.69, 9.17) is 11.6 Å². The molecule has 1 fully saturated rings. The van der Waals surface area contributed by atoms with Crippen LogP contribution in [0.2, 0.25) is 16.4 Å². The molecule has 0 atom stereocenters. The Morgan fingerprint density at radius 1 is 1.08 bits per heavy atom. The molecule has 3 aromatic carbocycles. The van der Waals surface area contributed by atoms with Gasteiger partial charge in [0.1, 0.15) is 0 Å². The Bertz CT molecular complexity index is 1440. The second kappa shape index (κ2) is 10.8. The summed E-state index contributed by atoms with van der Waals surface area (Å²) in [5, 5.41) is 15.1. The number of anilines is 2. The van der Waals surface area contributed by atoms with Gasteiger partial charge in [-0.2, -0.15) is 0 Å². The molecule has 1 heterocycles. The molecule has 1 saturated carbocycles. The zero-order valence-corrected chi connectivity index (χ0v) is 23.5. The third-order valence-corrected chi connectivity index (χ3v) is 9.31. The summed E-state index contributed by atoms with van der Waals surface area (Å²) in [4.78, 5) is 18.2. The molecule has 0 radical (unpaired) electrons. The molecule has 190 valence electrons. The first-order valence-corrected chi connectivity index (χ1v) is 17.9. The summed E-state index contributed by atoms with van der Waals surface area (Å²) < 4.78 is 14.3. The number of fused-ring (bicyclic) bond motifs is 1. The van der Waals surface area contributed by atoms with Crippen molar-refractivity contribution in [1.82, 2.24) is 4.98 Å². The average molecular weight is 579 g/mol. The first-order chi connectivity index (χ1) is 17.8. The number of pyridine rings is 1. The number of rotatable bonds is 7. The number of aromatic nitrogens is 1. The number of hydrogen-bond acceptors (Lipinski definition) is 4. The first-order valence-electron chi connectivity index (χ1n) is 12.5. The molecule has 7 heteroatoms. The van der Waals surface area contributed by atoms with Crippen LogP contribution in [0, 0.1) is 11.7 Å². The molecule has 1 aliphatic carbocycles. The Morgan fingerprint density at radius 3 is 2.49 bits per heavy atom. The number of ketones is 1. The number of nitrogens with zero attached hydrogens (tertiary/aromatic N) is 1. The topological polar surface area (TPSA) is 62.2 Å². The number of phenols is 1. The van der Waals surface area contributed by atoms with Crippen LogP contribution in [0.3, 0.4) is 0 Å². The Kier molecular flexibility index (Phi) is 7.55. The van der Waals surface area contributed by atoms with E-state index in [0.717, 1.165) is 47.5 Å². The van der Waals surface area contributed by atoms with E-state index in [9.17, 15) is 14.3 Å². The molecule has 4 aromatic rings. The molecule has 2 N–H and O–H groups in total. The summed E-state index contributed by atoms with van der Waals surface area (Å²) in [7, 11) is 0. The van der Waals surface area contributed by atoms with Crippen LogP contribution in [0.1, 0.15) is 41.6 Å². The summed E-state index contributed by atoms with van der Waals surface area (Å²) in [5.74, 6) is -1.23. The summed E-state index contributed by atoms with van der Waals surface area (Å²) in [6, 6.07) is 16.8. The van der Waals surface area contributed by atoms with Crippen LogP contribution in [0.15, 0.2) is 60.8 Å². The van der Waals surface area contributed by atoms with E-state index in [2.05, 4.69) is 46.0 Å². The number of hydrogen-bond donors (Lipinski definition) is 2. The fourth-order valence-electron chi connectivity index (χ4n) is 5.04. The van der Waals surface area contributed by atoms with Crippen molar-refractivity contribution in [2.75, 3.05) is 5.32 Å². The molecule has 5 rings (SSSR count). The molecule has 0 bridgehead atoms. The SMILES string of the molecule is C[As](C)Cc1ccc(Nc2c(C(=O)C3CCCC3)cnc3ccc(-c4cc(F)c(O)c(Cl)c4)cc23)cc1. The van der Waals surface area contributed by atoms with Crippen molar-refractivity contribution in [3.8, 4) is 16.9 Å². The van der Waals surface area contributed by atoms with Crippen LogP contribution in [0.5, 0.6) is 5.75 Å². The monoisotopic (exact) mass is 578 g/mol. The van der Waals surface area contributed by atoms with Gasteiger partial charge in [0.2, 0.25) is 0 Å². The summed E-state index contributed by atoms with van der Waals surface area (Å²) in [6.45, 7) is 0. The minimum atomic E-state index is -0.785. The zero-order valence-electron chi connectivity index (χ0n) is 20.9. The van der Waals surface area contributed by atoms with Crippen LogP contribution in [-0.4, -0.2) is 30.5 Å². The van der Waals surface area contributed by atoms with Gasteiger partial charge in [-0.15, -0.1) is 0 Å². The standard InChI is InChI=1S/C30H29AsClFN2O2/c1-31(2)16-18-7-10-22(11-8-18)35-28-23-13-20(21-14-25(32)30(37)26(33)15-21)9-12-27(23)34-17-24(28)29(36)19-5-3-4-6-19/h7-15,17,19,37H,3-6,16H2,1-2H3,(H,34,35). The molecular weight excluding hydrogens is 550 g/mol. The van der Waals surface area contributed by atoms with Gasteiger partial charge in [0.25, 0.3) is 0 Å². The van der Waals surface area contributed by atoms with Crippen molar-refractivity contribution < 1.29 is 14.3 Å². The molecule has 4 nitrogen and oxygen atoms in total. The summed E-state index contributed by atoms with van der Waals surface area (Å²) in [6.07, 6.45) is 5.61. The van der Waals surface area contributed by atoms with Crippen molar-refractivity contribution in [1.29, 1.82) is 0 Å². The van der Waals surface area contributed by atoms with Gasteiger partial charge in [-0.1, -0.05) is 11.6 Å².